The van der Waals surface area contributed by atoms with Crippen molar-refractivity contribution >= 4 is 45.5 Å². The van der Waals surface area contributed by atoms with Crippen LogP contribution in [-0.2, 0) is 0 Å². The first kappa shape index (κ1) is 5.78. The van der Waals surface area contributed by atoms with Crippen molar-refractivity contribution in [3.05, 3.63) is 13.5 Å². The zero-order chi connectivity index (χ0) is 5.28. The molecular weight excluding hydrogens is 244 g/mol. The highest BCUT2D eigenvalue weighted by molar-refractivity contribution is 14.1. The van der Waals surface area contributed by atoms with Crippen LogP contribution in [0.1, 0.15) is 0 Å². The summed E-state index contributed by atoms with van der Waals surface area (Å²) in [6.07, 6.45) is 0. The maximum atomic E-state index is 5.43. The van der Waals surface area contributed by atoms with Gasteiger partial charge in [0.25, 0.3) is 0 Å². The molecule has 0 saturated heterocycles. The fraction of sp³-hybridized carbons (Fsp3) is 0. The van der Waals surface area contributed by atoms with Crippen LogP contribution < -0.4 is 0 Å². The van der Waals surface area contributed by atoms with Gasteiger partial charge in [0.15, 0.2) is 4.47 Å². The summed E-state index contributed by atoms with van der Waals surface area (Å²) in [6, 6.07) is 0. The molecule has 0 aliphatic heterocycles. The fourth-order valence-electron chi connectivity index (χ4n) is 0.207. The predicted octanol–water partition coefficient (Wildman–Crippen LogP) is 2.20. The molecule has 0 aliphatic rings. The third kappa shape index (κ3) is 1.54. The molecular formula is C3ClINS. The van der Waals surface area contributed by atoms with Crippen molar-refractivity contribution in [1.82, 2.24) is 4.98 Å². The Kier molecular flexibility index (Phi) is 1.88. The van der Waals surface area contributed by atoms with Gasteiger partial charge in [0, 0.05) is 0 Å². The van der Waals surface area contributed by atoms with Gasteiger partial charge in [0.1, 0.15) is 3.70 Å². The Morgan fingerprint density at radius 3 is 2.71 bits per heavy atom. The van der Waals surface area contributed by atoms with Gasteiger partial charge in [-0.1, -0.05) is 11.6 Å². The van der Waals surface area contributed by atoms with E-state index in [1.165, 1.54) is 11.3 Å². The van der Waals surface area contributed by atoms with Gasteiger partial charge in [-0.05, 0) is 22.6 Å². The molecule has 4 heteroatoms. The molecule has 1 radical (unpaired) electrons. The molecule has 0 unspecified atom stereocenters. The van der Waals surface area contributed by atoms with Crippen LogP contribution in [0.15, 0.2) is 0 Å². The number of aromatic nitrogens is 1. The van der Waals surface area contributed by atoms with Crippen molar-refractivity contribution in [2.45, 2.75) is 0 Å². The molecule has 1 heterocycles. The minimum Gasteiger partial charge on any atom is -0.218 e. The lowest BCUT2D eigenvalue weighted by Crippen LogP contribution is -1.61. The molecule has 1 rings (SSSR count). The smallest absolute Gasteiger partial charge is 0.185 e. The van der Waals surface area contributed by atoms with Gasteiger partial charge in [-0.2, -0.15) is 0 Å². The molecule has 0 aliphatic carbocycles. The van der Waals surface area contributed by atoms with Crippen molar-refractivity contribution in [3.63, 3.8) is 0 Å². The molecule has 0 bridgehead atoms. The van der Waals surface area contributed by atoms with E-state index in [9.17, 15) is 0 Å². The molecule has 0 saturated carbocycles. The molecule has 0 atom stereocenters. The zero-order valence-electron chi connectivity index (χ0n) is 3.11. The first-order valence-corrected chi connectivity index (χ1v) is 3.76. The molecule has 0 spiro atoms. The molecule has 1 aromatic rings. The van der Waals surface area contributed by atoms with Gasteiger partial charge in [-0.3, -0.25) is 0 Å². The van der Waals surface area contributed by atoms with Crippen molar-refractivity contribution in [2.75, 3.05) is 0 Å². The highest BCUT2D eigenvalue weighted by Gasteiger charge is 1.91. The van der Waals surface area contributed by atoms with Gasteiger partial charge in [-0.25, -0.2) is 4.98 Å². The Morgan fingerprint density at radius 2 is 2.57 bits per heavy atom. The second-order valence-corrected chi connectivity index (χ2v) is 3.26. The summed E-state index contributed by atoms with van der Waals surface area (Å²) < 4.78 is 1.40. The highest BCUT2D eigenvalue weighted by Crippen LogP contribution is 2.14. The lowest BCUT2D eigenvalue weighted by molar-refractivity contribution is 1.36. The molecule has 1 aromatic heterocycles. The van der Waals surface area contributed by atoms with Crippen LogP contribution in [0.25, 0.3) is 0 Å². The van der Waals surface area contributed by atoms with E-state index in [0.29, 0.717) is 4.47 Å². The molecule has 0 aromatic carbocycles. The molecule has 7 heavy (non-hydrogen) atoms. The van der Waals surface area contributed by atoms with Gasteiger partial charge in [0.05, 0.1) is 5.38 Å². The number of nitrogens with zero attached hydrogens (tertiary/aromatic N) is 1. The van der Waals surface area contributed by atoms with E-state index in [1.807, 2.05) is 0 Å². The lowest BCUT2D eigenvalue weighted by Gasteiger charge is -1.66. The van der Waals surface area contributed by atoms with Gasteiger partial charge < -0.3 is 0 Å². The zero-order valence-corrected chi connectivity index (χ0v) is 6.84. The number of halogens is 2. The second-order valence-electron chi connectivity index (χ2n) is 0.860. The monoisotopic (exact) mass is 244 g/mol. The van der Waals surface area contributed by atoms with Gasteiger partial charge in [0.2, 0.25) is 0 Å². The summed E-state index contributed by atoms with van der Waals surface area (Å²) in [5.74, 6) is 0. The summed E-state index contributed by atoms with van der Waals surface area (Å²) in [5.41, 5.74) is 0. The summed E-state index contributed by atoms with van der Waals surface area (Å²) >= 11 is 8.82. The van der Waals surface area contributed by atoms with Crippen LogP contribution in [-0.4, -0.2) is 4.98 Å². The topological polar surface area (TPSA) is 12.9 Å². The Labute approximate surface area is 63.9 Å². The molecule has 1 nitrogen and oxygen atoms in total. The Balaban J connectivity index is 3.04. The van der Waals surface area contributed by atoms with Crippen LogP contribution in [0.5, 0.6) is 0 Å². The van der Waals surface area contributed by atoms with Crippen molar-refractivity contribution in [1.29, 1.82) is 0 Å². The van der Waals surface area contributed by atoms with E-state index >= 15 is 0 Å². The van der Waals surface area contributed by atoms with E-state index in [1.54, 1.807) is 0 Å². The van der Waals surface area contributed by atoms with Gasteiger partial charge in [-0.15, -0.1) is 11.3 Å². The Morgan fingerprint density at radius 1 is 1.86 bits per heavy atom. The molecule has 37 valence electrons. The standard InChI is InChI=1S/C3ClINS/c4-3-6-2(5)1-7-3. The minimum absolute atomic E-state index is 0.560. The normalized spacial score (nSPS) is 9.43. The highest BCUT2D eigenvalue weighted by atomic mass is 127. The van der Waals surface area contributed by atoms with Crippen LogP contribution in [0, 0.1) is 9.08 Å². The average Bonchev–Trinajstić information content (AvgIpc) is 1.87. The Hall–Kier alpha value is 0.650. The van der Waals surface area contributed by atoms with Crippen molar-refractivity contribution in [3.8, 4) is 0 Å². The van der Waals surface area contributed by atoms with E-state index in [4.69, 9.17) is 11.6 Å². The first-order chi connectivity index (χ1) is 3.29. The third-order valence-corrected chi connectivity index (χ3v) is 2.15. The van der Waals surface area contributed by atoms with Crippen molar-refractivity contribution in [2.24, 2.45) is 0 Å². The maximum absolute atomic E-state index is 5.43. The minimum atomic E-state index is 0.560. The summed E-state index contributed by atoms with van der Waals surface area (Å²) in [7, 11) is 0. The van der Waals surface area contributed by atoms with Crippen LogP contribution in [0.3, 0.4) is 0 Å². The third-order valence-electron chi connectivity index (χ3n) is 0.406. The average molecular weight is 244 g/mol. The lowest BCUT2D eigenvalue weighted by atomic mass is 11.0. The number of rotatable bonds is 0. The van der Waals surface area contributed by atoms with Crippen LogP contribution in [0.4, 0.5) is 0 Å². The van der Waals surface area contributed by atoms with E-state index in [-0.39, 0.29) is 0 Å². The largest absolute Gasteiger partial charge is 0.218 e. The fourth-order valence-corrected chi connectivity index (χ4v) is 1.64. The number of thiazole rings is 1. The number of hydrogen-bond donors (Lipinski definition) is 0. The van der Waals surface area contributed by atoms with Crippen LogP contribution >= 0.6 is 45.5 Å². The maximum Gasteiger partial charge on any atom is 0.185 e. The Bertz CT molecular complexity index is 147. The first-order valence-electron chi connectivity index (χ1n) is 1.48. The van der Waals surface area contributed by atoms with E-state index in [0.717, 1.165) is 3.70 Å². The molecule has 0 fully saturated rings. The molecule has 0 N–H and O–H groups in total. The van der Waals surface area contributed by atoms with Crippen molar-refractivity contribution < 1.29 is 0 Å². The summed E-state index contributed by atoms with van der Waals surface area (Å²) in [6.45, 7) is 0. The predicted molar refractivity (Wildman–Crippen MR) is 38.7 cm³/mol. The van der Waals surface area contributed by atoms with E-state index in [2.05, 4.69) is 33.0 Å². The van der Waals surface area contributed by atoms with Gasteiger partial charge >= 0.3 is 0 Å². The molecule has 0 amide bonds. The summed E-state index contributed by atoms with van der Waals surface area (Å²) in [5, 5.41) is 2.85. The van der Waals surface area contributed by atoms with Crippen LogP contribution in [0.2, 0.25) is 4.47 Å². The summed E-state index contributed by atoms with van der Waals surface area (Å²) in [4.78, 5) is 3.83. The SMILES string of the molecule is Clc1nc(I)[c]s1. The number of hydrogen-bond acceptors (Lipinski definition) is 2. The quantitative estimate of drug-likeness (QED) is 0.638. The van der Waals surface area contributed by atoms with E-state index < -0.39 is 0 Å². The second kappa shape index (κ2) is 2.28.